The van der Waals surface area contributed by atoms with Gasteiger partial charge in [0.2, 0.25) is 5.91 Å². The highest BCUT2D eigenvalue weighted by molar-refractivity contribution is 5.91. The Bertz CT molecular complexity index is 442. The molecule has 0 saturated carbocycles. The zero-order valence-electron chi connectivity index (χ0n) is 11.5. The first-order valence-corrected chi connectivity index (χ1v) is 6.50. The normalized spacial score (nSPS) is 9.80. The van der Waals surface area contributed by atoms with Crippen LogP contribution in [0.2, 0.25) is 0 Å². The minimum Gasteiger partial charge on any atom is -0.459 e. The summed E-state index contributed by atoms with van der Waals surface area (Å²) >= 11 is 0. The molecule has 20 heavy (non-hydrogen) atoms. The molecule has 0 fully saturated rings. The lowest BCUT2D eigenvalue weighted by atomic mass is 10.2. The molecular weight excluding hydrogens is 256 g/mol. The lowest BCUT2D eigenvalue weighted by Crippen LogP contribution is -2.32. The van der Waals surface area contributed by atoms with Gasteiger partial charge in [0.25, 0.3) is 5.91 Å². The fraction of sp³-hybridized carbons (Fsp3) is 0.333. The van der Waals surface area contributed by atoms with Crippen molar-refractivity contribution in [3.05, 3.63) is 49.5 Å². The van der Waals surface area contributed by atoms with E-state index in [0.717, 1.165) is 0 Å². The molecule has 0 aliphatic rings. The highest BCUT2D eigenvalue weighted by Gasteiger charge is 2.11. The lowest BCUT2D eigenvalue weighted by molar-refractivity contribution is -0.130. The van der Waals surface area contributed by atoms with Crippen LogP contribution >= 0.6 is 0 Å². The summed E-state index contributed by atoms with van der Waals surface area (Å²) in [5.41, 5.74) is 0. The predicted molar refractivity (Wildman–Crippen MR) is 77.2 cm³/mol. The number of amides is 2. The summed E-state index contributed by atoms with van der Waals surface area (Å²) in [6.07, 6.45) is 5.76. The molecule has 5 nitrogen and oxygen atoms in total. The topological polar surface area (TPSA) is 62.6 Å². The Hall–Kier alpha value is -2.30. The molecule has 0 radical (unpaired) electrons. The van der Waals surface area contributed by atoms with E-state index in [-0.39, 0.29) is 17.6 Å². The van der Waals surface area contributed by atoms with E-state index >= 15 is 0 Å². The molecule has 1 rings (SSSR count). The molecule has 0 aliphatic heterocycles. The van der Waals surface area contributed by atoms with Crippen LogP contribution in [0.3, 0.4) is 0 Å². The fourth-order valence-corrected chi connectivity index (χ4v) is 1.68. The Labute approximate surface area is 118 Å². The molecule has 108 valence electrons. The van der Waals surface area contributed by atoms with Crippen LogP contribution in [0.1, 0.15) is 23.4 Å². The molecule has 1 heterocycles. The van der Waals surface area contributed by atoms with Crippen LogP contribution < -0.4 is 5.32 Å². The number of rotatable bonds is 9. The van der Waals surface area contributed by atoms with Crippen molar-refractivity contribution in [2.75, 3.05) is 19.6 Å². The Kier molecular flexibility index (Phi) is 6.89. The summed E-state index contributed by atoms with van der Waals surface area (Å²) < 4.78 is 4.97. The molecule has 1 aromatic heterocycles. The monoisotopic (exact) mass is 276 g/mol. The van der Waals surface area contributed by atoms with Crippen molar-refractivity contribution in [2.45, 2.75) is 12.8 Å². The second kappa shape index (κ2) is 8.74. The maximum absolute atomic E-state index is 11.9. The van der Waals surface area contributed by atoms with E-state index in [4.69, 9.17) is 4.42 Å². The average Bonchev–Trinajstić information content (AvgIpc) is 2.97. The van der Waals surface area contributed by atoms with Crippen molar-refractivity contribution in [3.8, 4) is 0 Å². The van der Waals surface area contributed by atoms with Gasteiger partial charge in [0.05, 0.1) is 6.26 Å². The van der Waals surface area contributed by atoms with Crippen molar-refractivity contribution < 1.29 is 14.0 Å². The Balaban J connectivity index is 2.25. The maximum atomic E-state index is 11.9. The third-order valence-corrected chi connectivity index (χ3v) is 2.65. The first kappa shape index (κ1) is 15.8. The van der Waals surface area contributed by atoms with Crippen molar-refractivity contribution in [1.82, 2.24) is 10.2 Å². The molecule has 1 N–H and O–H groups in total. The zero-order chi connectivity index (χ0) is 14.8. The summed E-state index contributed by atoms with van der Waals surface area (Å²) in [5.74, 6) is 0.0322. The first-order chi connectivity index (χ1) is 9.69. The van der Waals surface area contributed by atoms with Gasteiger partial charge in [-0.15, -0.1) is 13.2 Å². The minimum absolute atomic E-state index is 0.0250. The van der Waals surface area contributed by atoms with E-state index in [1.807, 2.05) is 0 Å². The van der Waals surface area contributed by atoms with E-state index in [1.54, 1.807) is 29.2 Å². The number of nitrogens with one attached hydrogen (secondary N) is 1. The molecule has 0 atom stereocenters. The van der Waals surface area contributed by atoms with Gasteiger partial charge in [-0.25, -0.2) is 0 Å². The largest absolute Gasteiger partial charge is 0.459 e. The van der Waals surface area contributed by atoms with Gasteiger partial charge in [-0.05, 0) is 18.6 Å². The molecule has 0 unspecified atom stereocenters. The Morgan fingerprint density at radius 3 is 2.55 bits per heavy atom. The van der Waals surface area contributed by atoms with Crippen molar-refractivity contribution >= 4 is 11.8 Å². The van der Waals surface area contributed by atoms with Gasteiger partial charge in [0.1, 0.15) is 0 Å². The van der Waals surface area contributed by atoms with Crippen LogP contribution in [0, 0.1) is 0 Å². The predicted octanol–water partition coefficient (Wildman–Crippen LogP) is 1.99. The van der Waals surface area contributed by atoms with Gasteiger partial charge in [-0.2, -0.15) is 0 Å². The Morgan fingerprint density at radius 2 is 2.00 bits per heavy atom. The first-order valence-electron chi connectivity index (χ1n) is 6.50. The van der Waals surface area contributed by atoms with Gasteiger partial charge in [0.15, 0.2) is 5.76 Å². The second-order valence-corrected chi connectivity index (χ2v) is 4.21. The summed E-state index contributed by atoms with van der Waals surface area (Å²) in [6.45, 7) is 8.67. The highest BCUT2D eigenvalue weighted by Crippen LogP contribution is 2.01. The van der Waals surface area contributed by atoms with Crippen molar-refractivity contribution in [2.24, 2.45) is 0 Å². The fourth-order valence-electron chi connectivity index (χ4n) is 1.68. The summed E-state index contributed by atoms with van der Waals surface area (Å²) in [4.78, 5) is 25.1. The molecule has 0 spiro atoms. The number of carbonyl (C=O) groups excluding carboxylic acids is 2. The van der Waals surface area contributed by atoms with Crippen LogP contribution in [-0.2, 0) is 4.79 Å². The molecule has 1 aromatic rings. The smallest absolute Gasteiger partial charge is 0.286 e. The number of furan rings is 1. The Morgan fingerprint density at radius 1 is 1.30 bits per heavy atom. The summed E-state index contributed by atoms with van der Waals surface area (Å²) in [5, 5.41) is 2.70. The number of hydrogen-bond acceptors (Lipinski definition) is 3. The SMILES string of the molecule is C=CCN(CC=C)C(=O)CCCNC(=O)c1ccco1. The van der Waals surface area contributed by atoms with Crippen LogP contribution in [0.5, 0.6) is 0 Å². The van der Waals surface area contributed by atoms with Crippen LogP contribution in [-0.4, -0.2) is 36.3 Å². The second-order valence-electron chi connectivity index (χ2n) is 4.21. The standard InChI is InChI=1S/C15H20N2O3/c1-3-10-17(11-4-2)14(18)8-5-9-16-15(19)13-7-6-12-20-13/h3-4,6-7,12H,1-2,5,8-11H2,(H,16,19). The molecule has 5 heteroatoms. The van der Waals surface area contributed by atoms with Gasteiger partial charge in [-0.1, -0.05) is 12.2 Å². The number of carbonyl (C=O) groups is 2. The van der Waals surface area contributed by atoms with Gasteiger partial charge in [0, 0.05) is 26.1 Å². The van der Waals surface area contributed by atoms with Gasteiger partial charge < -0.3 is 14.6 Å². The van der Waals surface area contributed by atoms with Crippen LogP contribution in [0.25, 0.3) is 0 Å². The van der Waals surface area contributed by atoms with E-state index in [1.165, 1.54) is 6.26 Å². The van der Waals surface area contributed by atoms with Gasteiger partial charge >= 0.3 is 0 Å². The quantitative estimate of drug-likeness (QED) is 0.554. The minimum atomic E-state index is -0.267. The molecule has 0 bridgehead atoms. The third-order valence-electron chi connectivity index (χ3n) is 2.65. The summed E-state index contributed by atoms with van der Waals surface area (Å²) in [7, 11) is 0. The van der Waals surface area contributed by atoms with E-state index in [0.29, 0.717) is 32.5 Å². The number of hydrogen-bond donors (Lipinski definition) is 1. The van der Waals surface area contributed by atoms with Crippen LogP contribution in [0.4, 0.5) is 0 Å². The number of nitrogens with zero attached hydrogens (tertiary/aromatic N) is 1. The molecule has 0 aliphatic carbocycles. The maximum Gasteiger partial charge on any atom is 0.286 e. The van der Waals surface area contributed by atoms with E-state index in [9.17, 15) is 9.59 Å². The van der Waals surface area contributed by atoms with E-state index < -0.39 is 0 Å². The third kappa shape index (κ3) is 5.14. The van der Waals surface area contributed by atoms with E-state index in [2.05, 4.69) is 18.5 Å². The van der Waals surface area contributed by atoms with Crippen LogP contribution in [0.15, 0.2) is 48.1 Å². The molecule has 0 aromatic carbocycles. The average molecular weight is 276 g/mol. The molecule has 0 saturated heterocycles. The zero-order valence-corrected chi connectivity index (χ0v) is 11.5. The highest BCUT2D eigenvalue weighted by atomic mass is 16.3. The molecule has 2 amide bonds. The van der Waals surface area contributed by atoms with Crippen molar-refractivity contribution in [3.63, 3.8) is 0 Å². The van der Waals surface area contributed by atoms with Gasteiger partial charge in [-0.3, -0.25) is 9.59 Å². The molecular formula is C15H20N2O3. The lowest BCUT2D eigenvalue weighted by Gasteiger charge is -2.19. The van der Waals surface area contributed by atoms with Crippen molar-refractivity contribution in [1.29, 1.82) is 0 Å². The summed E-state index contributed by atoms with van der Waals surface area (Å²) in [6, 6.07) is 3.25.